The molecular weight excluding hydrogens is 475 g/mol. The number of halogens is 1. The number of fused-ring (bicyclic) bond motifs is 1. The summed E-state index contributed by atoms with van der Waals surface area (Å²) in [5.74, 6) is -1.45. The second-order valence-corrected chi connectivity index (χ2v) is 9.63. The molecule has 0 unspecified atom stereocenters. The van der Waals surface area contributed by atoms with Gasteiger partial charge in [0.15, 0.2) is 0 Å². The van der Waals surface area contributed by atoms with E-state index in [1.165, 1.54) is 21.9 Å². The van der Waals surface area contributed by atoms with Crippen molar-refractivity contribution in [1.82, 2.24) is 15.2 Å². The lowest BCUT2D eigenvalue weighted by molar-refractivity contribution is -0.119. The van der Waals surface area contributed by atoms with E-state index in [4.69, 9.17) is 0 Å². The molecule has 3 aromatic rings. The molecule has 1 aliphatic carbocycles. The molecule has 0 saturated heterocycles. The Labute approximate surface area is 213 Å². The fraction of sp³-hybridized carbons (Fsp3) is 0.286. The Hall–Kier alpha value is -4.11. The molecule has 2 aromatic carbocycles. The van der Waals surface area contributed by atoms with E-state index in [2.05, 4.69) is 10.3 Å². The minimum atomic E-state index is -0.602. The van der Waals surface area contributed by atoms with Crippen molar-refractivity contribution in [2.75, 3.05) is 25.0 Å². The maximum absolute atomic E-state index is 14.4. The van der Waals surface area contributed by atoms with Gasteiger partial charge in [0.1, 0.15) is 12.4 Å². The van der Waals surface area contributed by atoms with Gasteiger partial charge in [0.25, 0.3) is 11.8 Å². The summed E-state index contributed by atoms with van der Waals surface area (Å²) in [6.45, 7) is 0.193. The van der Waals surface area contributed by atoms with Crippen LogP contribution in [0.4, 0.5) is 10.1 Å². The number of hydrogen-bond donors (Lipinski definition) is 2. The number of benzene rings is 2. The summed E-state index contributed by atoms with van der Waals surface area (Å²) in [7, 11) is 1.63. The highest BCUT2D eigenvalue weighted by atomic mass is 19.1. The second kappa shape index (κ2) is 10.1. The lowest BCUT2D eigenvalue weighted by Crippen LogP contribution is -2.38. The normalized spacial score (nSPS) is 19.2. The van der Waals surface area contributed by atoms with Crippen LogP contribution < -0.4 is 10.2 Å². The highest BCUT2D eigenvalue weighted by molar-refractivity contribution is 6.10. The lowest BCUT2D eigenvalue weighted by Gasteiger charge is -2.31. The number of carbonyl (C=O) groups excluding carboxylic acids is 3. The Morgan fingerprint density at radius 1 is 1.08 bits per heavy atom. The number of hydrogen-bond acceptors (Lipinski definition) is 5. The number of aromatic nitrogens is 1. The number of nitrogens with one attached hydrogen (secondary N) is 1. The van der Waals surface area contributed by atoms with Gasteiger partial charge in [-0.25, -0.2) is 4.39 Å². The van der Waals surface area contributed by atoms with E-state index in [-0.39, 0.29) is 42.5 Å². The zero-order chi connectivity index (χ0) is 26.1. The zero-order valence-corrected chi connectivity index (χ0v) is 20.4. The molecule has 1 fully saturated rings. The molecule has 8 nitrogen and oxygen atoms in total. The Balaban J connectivity index is 1.37. The number of likely N-dealkylation sites (N-methyl/N-ethyl adjacent to an activating group) is 1. The van der Waals surface area contributed by atoms with Crippen LogP contribution in [-0.2, 0) is 11.3 Å². The van der Waals surface area contributed by atoms with E-state index in [1.807, 2.05) is 18.2 Å². The standard InChI is InChI=1S/C28H27FN4O4/c1-32-25-13-20(19-4-6-30-7-5-19)2-3-24(25)28(37)33(16-26(32)35)15-18-8-21(12-22(29)9-18)27(36)31-14-17-10-23(34)11-17/h2-9,12-13,17,23,34H,10-11,14-16H2,1H3,(H,31,36)/t17-,23+. The van der Waals surface area contributed by atoms with Crippen molar-refractivity contribution in [2.45, 2.75) is 25.5 Å². The molecule has 0 atom stereocenters. The van der Waals surface area contributed by atoms with Gasteiger partial charge in [-0.1, -0.05) is 6.07 Å². The Bertz CT molecular complexity index is 1360. The predicted octanol–water partition coefficient (Wildman–Crippen LogP) is 3.01. The zero-order valence-electron chi connectivity index (χ0n) is 20.4. The molecule has 1 aliphatic heterocycles. The van der Waals surface area contributed by atoms with Crippen molar-refractivity contribution in [2.24, 2.45) is 5.92 Å². The molecule has 2 N–H and O–H groups in total. The topological polar surface area (TPSA) is 103 Å². The van der Waals surface area contributed by atoms with Gasteiger partial charge >= 0.3 is 0 Å². The van der Waals surface area contributed by atoms with Crippen LogP contribution in [0.2, 0.25) is 0 Å². The first-order chi connectivity index (χ1) is 17.8. The van der Waals surface area contributed by atoms with E-state index in [0.29, 0.717) is 36.2 Å². The third kappa shape index (κ3) is 5.22. The Morgan fingerprint density at radius 2 is 1.84 bits per heavy atom. The van der Waals surface area contributed by atoms with Crippen LogP contribution in [0.1, 0.15) is 39.1 Å². The maximum Gasteiger partial charge on any atom is 0.256 e. The summed E-state index contributed by atoms with van der Waals surface area (Å²) < 4.78 is 14.4. The van der Waals surface area contributed by atoms with Crippen molar-refractivity contribution in [3.05, 3.63) is 83.4 Å². The smallest absolute Gasteiger partial charge is 0.256 e. The summed E-state index contributed by atoms with van der Waals surface area (Å²) >= 11 is 0. The second-order valence-electron chi connectivity index (χ2n) is 9.63. The molecule has 1 saturated carbocycles. The first kappa shape index (κ1) is 24.6. The molecule has 0 spiro atoms. The van der Waals surface area contributed by atoms with Gasteiger partial charge in [-0.2, -0.15) is 0 Å². The number of rotatable bonds is 6. The SMILES string of the molecule is CN1C(=O)CN(Cc2cc(F)cc(C(=O)NC[C@H]3C[C@@H](O)C3)c2)C(=O)c2ccc(-c3ccncc3)cc21. The van der Waals surface area contributed by atoms with Gasteiger partial charge < -0.3 is 20.2 Å². The molecule has 3 amide bonds. The number of amides is 3. The lowest BCUT2D eigenvalue weighted by atomic mass is 9.82. The van der Waals surface area contributed by atoms with E-state index in [1.54, 1.807) is 31.6 Å². The van der Waals surface area contributed by atoms with Crippen molar-refractivity contribution >= 4 is 23.4 Å². The number of aliphatic hydroxyl groups is 1. The van der Waals surface area contributed by atoms with Crippen molar-refractivity contribution in [3.63, 3.8) is 0 Å². The van der Waals surface area contributed by atoms with Gasteiger partial charge in [0, 0.05) is 38.1 Å². The quantitative estimate of drug-likeness (QED) is 0.540. The van der Waals surface area contributed by atoms with Crippen molar-refractivity contribution < 1.29 is 23.9 Å². The summed E-state index contributed by atoms with van der Waals surface area (Å²) in [4.78, 5) is 45.9. The number of pyridine rings is 1. The first-order valence-electron chi connectivity index (χ1n) is 12.1. The van der Waals surface area contributed by atoms with Crippen LogP contribution in [0.5, 0.6) is 0 Å². The molecule has 2 heterocycles. The van der Waals surface area contributed by atoms with Crippen LogP contribution in [0.25, 0.3) is 11.1 Å². The van der Waals surface area contributed by atoms with Gasteiger partial charge in [0.2, 0.25) is 5.91 Å². The van der Waals surface area contributed by atoms with Crippen LogP contribution >= 0.6 is 0 Å². The molecule has 0 bridgehead atoms. The molecule has 190 valence electrons. The molecule has 37 heavy (non-hydrogen) atoms. The third-order valence-corrected chi connectivity index (χ3v) is 6.95. The molecule has 5 rings (SSSR count). The fourth-order valence-electron chi connectivity index (χ4n) is 4.79. The van der Waals surface area contributed by atoms with E-state index < -0.39 is 11.7 Å². The van der Waals surface area contributed by atoms with E-state index in [0.717, 1.165) is 17.2 Å². The summed E-state index contributed by atoms with van der Waals surface area (Å²) in [6, 6.07) is 13.0. The summed E-state index contributed by atoms with van der Waals surface area (Å²) in [5.41, 5.74) is 3.16. The largest absolute Gasteiger partial charge is 0.393 e. The van der Waals surface area contributed by atoms with Gasteiger partial charge in [0.05, 0.1) is 17.4 Å². The first-order valence-corrected chi connectivity index (χ1v) is 12.1. The average molecular weight is 503 g/mol. The number of nitrogens with zero attached hydrogens (tertiary/aromatic N) is 3. The van der Waals surface area contributed by atoms with Crippen molar-refractivity contribution in [1.29, 1.82) is 0 Å². The number of anilines is 1. The van der Waals surface area contributed by atoms with Crippen LogP contribution in [0, 0.1) is 11.7 Å². The van der Waals surface area contributed by atoms with Gasteiger partial charge in [-0.05, 0) is 77.9 Å². The van der Waals surface area contributed by atoms with Crippen LogP contribution in [-0.4, -0.2) is 59.0 Å². The predicted molar refractivity (Wildman–Crippen MR) is 135 cm³/mol. The van der Waals surface area contributed by atoms with E-state index >= 15 is 0 Å². The van der Waals surface area contributed by atoms with Gasteiger partial charge in [-0.3, -0.25) is 19.4 Å². The Morgan fingerprint density at radius 3 is 2.57 bits per heavy atom. The fourth-order valence-corrected chi connectivity index (χ4v) is 4.79. The minimum Gasteiger partial charge on any atom is -0.393 e. The van der Waals surface area contributed by atoms with Crippen LogP contribution in [0.3, 0.4) is 0 Å². The molecule has 1 aromatic heterocycles. The Kier molecular flexibility index (Phi) is 6.71. The molecular formula is C28H27FN4O4. The highest BCUT2D eigenvalue weighted by Crippen LogP contribution is 2.31. The van der Waals surface area contributed by atoms with Crippen LogP contribution in [0.15, 0.2) is 60.9 Å². The molecule has 9 heteroatoms. The summed E-state index contributed by atoms with van der Waals surface area (Å²) in [6.07, 6.45) is 4.31. The summed E-state index contributed by atoms with van der Waals surface area (Å²) in [5, 5.41) is 12.2. The highest BCUT2D eigenvalue weighted by Gasteiger charge is 2.31. The molecule has 2 aliphatic rings. The molecule has 0 radical (unpaired) electrons. The van der Waals surface area contributed by atoms with Crippen molar-refractivity contribution in [3.8, 4) is 11.1 Å². The number of aliphatic hydroxyl groups excluding tert-OH is 1. The monoisotopic (exact) mass is 502 g/mol. The van der Waals surface area contributed by atoms with Gasteiger partial charge in [-0.15, -0.1) is 0 Å². The third-order valence-electron chi connectivity index (χ3n) is 6.95. The maximum atomic E-state index is 14.4. The minimum absolute atomic E-state index is 0.0309. The van der Waals surface area contributed by atoms with E-state index in [9.17, 15) is 23.9 Å². The number of carbonyl (C=O) groups is 3. The average Bonchev–Trinajstić information content (AvgIpc) is 2.96.